The van der Waals surface area contributed by atoms with Crippen LogP contribution in [0.15, 0.2) is 12.1 Å². The minimum atomic E-state index is -1.03. The summed E-state index contributed by atoms with van der Waals surface area (Å²) in [6.45, 7) is 0. The Bertz CT molecular complexity index is 335. The van der Waals surface area contributed by atoms with Gasteiger partial charge < -0.3 is 4.74 Å². The highest BCUT2D eigenvalue weighted by molar-refractivity contribution is 6.61. The lowest BCUT2D eigenvalue weighted by Crippen LogP contribution is -1.95. The van der Waals surface area contributed by atoms with E-state index in [0.717, 1.165) is 6.07 Å². The Morgan fingerprint density at radius 2 is 2.23 bits per heavy atom. The van der Waals surface area contributed by atoms with Gasteiger partial charge in [-0.25, -0.2) is 4.79 Å². The first-order chi connectivity index (χ1) is 6.09. The summed E-state index contributed by atoms with van der Waals surface area (Å²) in [5, 5.41) is 10.2. The summed E-state index contributed by atoms with van der Waals surface area (Å²) >= 11 is 4.89. The van der Waals surface area contributed by atoms with E-state index in [1.165, 1.54) is 6.07 Å². The summed E-state index contributed by atoms with van der Waals surface area (Å²) in [7, 11) is 0. The fraction of sp³-hybridized carbons (Fsp3) is 0. The largest absolute Gasteiger partial charge is 0.409 e. The van der Waals surface area contributed by atoms with Crippen LogP contribution in [-0.4, -0.2) is 10.4 Å². The van der Waals surface area contributed by atoms with E-state index in [2.05, 4.69) is 16.9 Å². The zero-order valence-electron chi connectivity index (χ0n) is 6.11. The van der Waals surface area contributed by atoms with E-state index in [9.17, 15) is 14.9 Å². The van der Waals surface area contributed by atoms with Gasteiger partial charge in [0, 0.05) is 23.7 Å². The normalized spacial score (nSPS) is 8.69. The molecule has 0 aliphatic heterocycles. The molecule has 13 heavy (non-hydrogen) atoms. The number of carbonyl (C=O) groups excluding carboxylic acids is 1. The van der Waals surface area contributed by atoms with Crippen molar-refractivity contribution < 1.29 is 14.5 Å². The second-order valence-electron chi connectivity index (χ2n) is 1.93. The topological polar surface area (TPSA) is 69.4 Å². The molecule has 0 atom stereocenters. The molecular weight excluding hydrogens is 198 g/mol. The quantitative estimate of drug-likeness (QED) is 0.415. The van der Waals surface area contributed by atoms with Crippen LogP contribution in [0.3, 0.4) is 0 Å². The maximum absolute atomic E-state index is 10.2. The van der Waals surface area contributed by atoms with Crippen LogP contribution in [-0.2, 0) is 0 Å². The highest BCUT2D eigenvalue weighted by Crippen LogP contribution is 2.12. The average molecular weight is 200 g/mol. The number of nitrogens with zero attached hydrogens (tertiary/aromatic N) is 1. The number of carbonyl (C=O) groups is 1. The summed E-state index contributed by atoms with van der Waals surface area (Å²) in [4.78, 5) is 19.7. The zero-order valence-corrected chi connectivity index (χ0v) is 6.87. The molecule has 66 valence electrons. The molecule has 0 fully saturated rings. The highest BCUT2D eigenvalue weighted by Gasteiger charge is 2.04. The molecule has 6 heteroatoms. The fourth-order valence-corrected chi connectivity index (χ4v) is 0.699. The van der Waals surface area contributed by atoms with Crippen molar-refractivity contribution in [3.05, 3.63) is 34.4 Å². The minimum Gasteiger partial charge on any atom is -0.405 e. The van der Waals surface area contributed by atoms with Crippen LogP contribution in [0.4, 0.5) is 10.5 Å². The summed E-state index contributed by atoms with van der Waals surface area (Å²) in [5.41, 5.74) is -1.28. The number of halogens is 1. The first-order valence-corrected chi connectivity index (χ1v) is 3.43. The van der Waals surface area contributed by atoms with Gasteiger partial charge in [-0.2, -0.15) is 0 Å². The Morgan fingerprint density at radius 3 is 2.62 bits per heavy atom. The number of ether oxygens (including phenoxy) is 1. The smallest absolute Gasteiger partial charge is 0.405 e. The maximum atomic E-state index is 10.2. The van der Waals surface area contributed by atoms with E-state index in [1.807, 2.05) is 0 Å². The third-order valence-corrected chi connectivity index (χ3v) is 1.17. The molecule has 0 radical (unpaired) electrons. The molecule has 0 saturated carbocycles. The summed E-state index contributed by atoms with van der Waals surface area (Å²) < 4.78 is 4.37. The Balaban J connectivity index is 2.81. The molecule has 0 aliphatic carbocycles. The number of nitro groups is 1. The van der Waals surface area contributed by atoms with Crippen LogP contribution in [0.25, 0.3) is 0 Å². The highest BCUT2D eigenvalue weighted by atomic mass is 35.5. The summed E-state index contributed by atoms with van der Waals surface area (Å²) in [5.74, 6) is -0.00870. The van der Waals surface area contributed by atoms with Crippen LogP contribution in [0.1, 0.15) is 0 Å². The van der Waals surface area contributed by atoms with Crippen molar-refractivity contribution in [1.29, 1.82) is 0 Å². The Kier molecular flexibility index (Phi) is 2.67. The van der Waals surface area contributed by atoms with Crippen LogP contribution in [0.5, 0.6) is 5.75 Å². The van der Waals surface area contributed by atoms with Gasteiger partial charge in [-0.3, -0.25) is 10.1 Å². The average Bonchev–Trinajstić information content (AvgIpc) is 2.04. The van der Waals surface area contributed by atoms with Crippen molar-refractivity contribution in [1.82, 2.24) is 0 Å². The second kappa shape index (κ2) is 3.74. The molecule has 1 aromatic rings. The van der Waals surface area contributed by atoms with Crippen LogP contribution < -0.4 is 4.74 Å². The van der Waals surface area contributed by atoms with Gasteiger partial charge in [0.05, 0.1) is 4.92 Å². The van der Waals surface area contributed by atoms with Gasteiger partial charge in [-0.15, -0.1) is 0 Å². The van der Waals surface area contributed by atoms with E-state index in [0.29, 0.717) is 0 Å². The van der Waals surface area contributed by atoms with Gasteiger partial charge in [-0.1, -0.05) is 0 Å². The third-order valence-electron chi connectivity index (χ3n) is 1.09. The van der Waals surface area contributed by atoms with Crippen molar-refractivity contribution in [2.24, 2.45) is 0 Å². The molecule has 0 unspecified atom stereocenters. The third kappa shape index (κ3) is 2.61. The first-order valence-electron chi connectivity index (χ1n) is 3.05. The van der Waals surface area contributed by atoms with Gasteiger partial charge in [-0.05, 0) is 12.1 Å². The standard InChI is InChI=1S/C7H2ClNO4/c8-7(10)13-6-3-1-5(2-4-6)9(11)12/h1,3H. The van der Waals surface area contributed by atoms with Crippen LogP contribution in [0, 0.1) is 22.2 Å². The molecule has 0 saturated heterocycles. The van der Waals surface area contributed by atoms with Crippen molar-refractivity contribution in [2.45, 2.75) is 0 Å². The van der Waals surface area contributed by atoms with Crippen molar-refractivity contribution in [3.63, 3.8) is 0 Å². The number of hydrogen-bond donors (Lipinski definition) is 0. The van der Waals surface area contributed by atoms with E-state index in [4.69, 9.17) is 11.6 Å². The Morgan fingerprint density at radius 1 is 1.54 bits per heavy atom. The van der Waals surface area contributed by atoms with Gasteiger partial charge in [0.25, 0.3) is 0 Å². The second-order valence-corrected chi connectivity index (χ2v) is 2.24. The maximum Gasteiger partial charge on any atom is 0.409 e. The Labute approximate surface area is 78.0 Å². The predicted molar refractivity (Wildman–Crippen MR) is 42.6 cm³/mol. The minimum absolute atomic E-state index is 0.00870. The van der Waals surface area contributed by atoms with Gasteiger partial charge in [0.2, 0.25) is 0 Å². The SMILES string of the molecule is O=C(Cl)Oc1c#cc([N+](=O)[O-])cc1. The molecule has 0 bridgehead atoms. The predicted octanol–water partition coefficient (Wildman–Crippen LogP) is 1.93. The molecule has 0 aromatic heterocycles. The van der Waals surface area contributed by atoms with Gasteiger partial charge >= 0.3 is 11.1 Å². The lowest BCUT2D eigenvalue weighted by Gasteiger charge is -1.93. The Hall–Kier alpha value is -1.80. The summed E-state index contributed by atoms with van der Waals surface area (Å²) in [6, 6.07) is 6.77. The molecule has 5 nitrogen and oxygen atoms in total. The fourth-order valence-electron chi connectivity index (χ4n) is 0.616. The van der Waals surface area contributed by atoms with Gasteiger partial charge in [0.15, 0.2) is 5.75 Å². The monoisotopic (exact) mass is 199 g/mol. The molecular formula is C7H2ClNO4. The van der Waals surface area contributed by atoms with Crippen LogP contribution in [0.2, 0.25) is 0 Å². The number of hydrogen-bond acceptors (Lipinski definition) is 4. The molecule has 0 amide bonds. The summed E-state index contributed by atoms with van der Waals surface area (Å²) in [6.07, 6.45) is 0. The zero-order chi connectivity index (χ0) is 9.84. The van der Waals surface area contributed by atoms with Gasteiger partial charge in [0.1, 0.15) is 0 Å². The first kappa shape index (κ1) is 9.29. The van der Waals surface area contributed by atoms with Crippen LogP contribution >= 0.6 is 11.6 Å². The van der Waals surface area contributed by atoms with Crippen molar-refractivity contribution >= 4 is 22.7 Å². The van der Waals surface area contributed by atoms with E-state index < -0.39 is 10.4 Å². The van der Waals surface area contributed by atoms with E-state index in [1.54, 1.807) is 0 Å². The molecule has 0 aliphatic rings. The number of rotatable bonds is 2. The molecule has 0 N–H and O–H groups in total. The van der Waals surface area contributed by atoms with E-state index >= 15 is 0 Å². The molecule has 0 spiro atoms. The molecule has 1 aromatic carbocycles. The molecule has 1 rings (SSSR count). The molecule has 0 heterocycles. The van der Waals surface area contributed by atoms with Crippen molar-refractivity contribution in [2.75, 3.05) is 0 Å². The van der Waals surface area contributed by atoms with E-state index in [-0.39, 0.29) is 11.4 Å². The lowest BCUT2D eigenvalue weighted by atomic mass is 10.4. The lowest BCUT2D eigenvalue weighted by molar-refractivity contribution is -0.384. The van der Waals surface area contributed by atoms with Crippen molar-refractivity contribution in [3.8, 4) is 5.75 Å².